The van der Waals surface area contributed by atoms with Gasteiger partial charge in [-0.2, -0.15) is 0 Å². The highest BCUT2D eigenvalue weighted by Gasteiger charge is 2.30. The predicted octanol–water partition coefficient (Wildman–Crippen LogP) is 2.72. The second-order valence-corrected chi connectivity index (χ2v) is 7.22. The van der Waals surface area contributed by atoms with Crippen molar-refractivity contribution in [2.45, 2.75) is 12.1 Å². The molecule has 110 valence electrons. The van der Waals surface area contributed by atoms with Gasteiger partial charge in [0.2, 0.25) is 7.37 Å². The molecule has 2 aromatic rings. The Morgan fingerprint density at radius 2 is 1.76 bits per heavy atom. The summed E-state index contributed by atoms with van der Waals surface area (Å²) in [5.41, 5.74) is 1.21. The van der Waals surface area contributed by atoms with E-state index >= 15 is 0 Å². The van der Waals surface area contributed by atoms with Crippen molar-refractivity contribution in [1.82, 2.24) is 4.98 Å². The van der Waals surface area contributed by atoms with E-state index in [9.17, 15) is 19.4 Å². The molecule has 0 saturated carbocycles. The Morgan fingerprint density at radius 1 is 1.14 bits per heavy atom. The highest BCUT2D eigenvalue weighted by Crippen LogP contribution is 2.48. The highest BCUT2D eigenvalue weighted by atomic mass is 31.2. The third kappa shape index (κ3) is 4.52. The maximum Gasteiger partial charge on any atom is 0.311 e. The van der Waals surface area contributed by atoms with E-state index in [0.717, 1.165) is 0 Å². The van der Waals surface area contributed by atoms with Gasteiger partial charge in [0.05, 0.1) is 5.92 Å². The number of carbonyl (C=O) groups is 1. The van der Waals surface area contributed by atoms with Gasteiger partial charge < -0.3 is 10.00 Å². The van der Waals surface area contributed by atoms with Crippen LogP contribution in [0.25, 0.3) is 0 Å². The Kier molecular flexibility index (Phi) is 4.89. The summed E-state index contributed by atoms with van der Waals surface area (Å²) in [5.74, 6) is -2.07. The minimum absolute atomic E-state index is 0.0495. The number of hydrogen-bond acceptors (Lipinski definition) is 3. The first-order valence-corrected chi connectivity index (χ1v) is 8.48. The summed E-state index contributed by atoms with van der Waals surface area (Å²) in [6, 6.07) is 11.8. The van der Waals surface area contributed by atoms with Crippen molar-refractivity contribution in [2.75, 3.05) is 6.16 Å². The first kappa shape index (κ1) is 15.4. The largest absolute Gasteiger partial charge is 0.481 e. The van der Waals surface area contributed by atoms with Crippen LogP contribution in [-0.2, 0) is 15.5 Å². The van der Waals surface area contributed by atoms with Crippen molar-refractivity contribution in [1.29, 1.82) is 0 Å². The number of aliphatic carboxylic acids is 1. The summed E-state index contributed by atoms with van der Waals surface area (Å²) in [6.07, 6.45) is 2.75. The third-order valence-corrected chi connectivity index (χ3v) is 4.94. The van der Waals surface area contributed by atoms with Crippen molar-refractivity contribution in [3.8, 4) is 0 Å². The lowest BCUT2D eigenvalue weighted by Gasteiger charge is -2.17. The molecular weight excluding hydrogens is 289 g/mol. The summed E-state index contributed by atoms with van der Waals surface area (Å²) in [6.45, 7) is 0. The molecule has 5 nitrogen and oxygen atoms in total. The van der Waals surface area contributed by atoms with Gasteiger partial charge in [-0.15, -0.1) is 0 Å². The van der Waals surface area contributed by atoms with E-state index in [1.807, 2.05) is 0 Å². The zero-order valence-corrected chi connectivity index (χ0v) is 12.2. The van der Waals surface area contributed by atoms with E-state index in [4.69, 9.17) is 0 Å². The van der Waals surface area contributed by atoms with Gasteiger partial charge in [0.25, 0.3) is 0 Å². The van der Waals surface area contributed by atoms with Crippen LogP contribution in [0.2, 0.25) is 0 Å². The molecule has 2 unspecified atom stereocenters. The lowest BCUT2D eigenvalue weighted by Crippen LogP contribution is -2.16. The highest BCUT2D eigenvalue weighted by molar-refractivity contribution is 7.57. The molecule has 0 fully saturated rings. The van der Waals surface area contributed by atoms with Crippen LogP contribution in [0, 0.1) is 0 Å². The second-order valence-electron chi connectivity index (χ2n) is 4.84. The van der Waals surface area contributed by atoms with Crippen LogP contribution in [-0.4, -0.2) is 27.1 Å². The van der Waals surface area contributed by atoms with Crippen LogP contribution >= 0.6 is 7.37 Å². The number of pyridine rings is 1. The quantitative estimate of drug-likeness (QED) is 0.801. The average molecular weight is 305 g/mol. The number of rotatable bonds is 6. The normalized spacial score (nSPS) is 15.1. The first-order chi connectivity index (χ1) is 9.98. The molecule has 0 aliphatic heterocycles. The lowest BCUT2D eigenvalue weighted by atomic mass is 10.0. The van der Waals surface area contributed by atoms with Crippen LogP contribution in [0.5, 0.6) is 0 Å². The van der Waals surface area contributed by atoms with E-state index in [1.54, 1.807) is 54.9 Å². The van der Waals surface area contributed by atoms with E-state index in [2.05, 4.69) is 4.98 Å². The fourth-order valence-corrected chi connectivity index (χ4v) is 3.98. The van der Waals surface area contributed by atoms with Crippen LogP contribution in [0.3, 0.4) is 0 Å². The number of carboxylic acid groups (broad SMARTS) is 1. The predicted molar refractivity (Wildman–Crippen MR) is 79.5 cm³/mol. The summed E-state index contributed by atoms with van der Waals surface area (Å²) in [5, 5.41) is 9.31. The van der Waals surface area contributed by atoms with Gasteiger partial charge in [-0.3, -0.25) is 14.3 Å². The minimum Gasteiger partial charge on any atom is -0.481 e. The van der Waals surface area contributed by atoms with Crippen LogP contribution < -0.4 is 0 Å². The van der Waals surface area contributed by atoms with Gasteiger partial charge in [0.1, 0.15) is 0 Å². The molecule has 0 aliphatic carbocycles. The summed E-state index contributed by atoms with van der Waals surface area (Å²) in [4.78, 5) is 25.4. The van der Waals surface area contributed by atoms with Gasteiger partial charge in [0, 0.05) is 24.7 Å². The summed E-state index contributed by atoms with van der Waals surface area (Å²) < 4.78 is 12.3. The van der Waals surface area contributed by atoms with Gasteiger partial charge >= 0.3 is 5.97 Å². The van der Waals surface area contributed by atoms with Crippen molar-refractivity contribution >= 4 is 13.3 Å². The van der Waals surface area contributed by atoms with Crippen LogP contribution in [0.1, 0.15) is 17.0 Å². The Morgan fingerprint density at radius 3 is 2.33 bits per heavy atom. The Hall–Kier alpha value is -1.97. The third-order valence-electron chi connectivity index (χ3n) is 3.15. The van der Waals surface area contributed by atoms with Crippen molar-refractivity contribution in [3.63, 3.8) is 0 Å². The zero-order valence-electron chi connectivity index (χ0n) is 11.3. The average Bonchev–Trinajstić information content (AvgIpc) is 2.46. The van der Waals surface area contributed by atoms with Gasteiger partial charge in [-0.25, -0.2) is 0 Å². The molecule has 2 N–H and O–H groups in total. The monoisotopic (exact) mass is 305 g/mol. The van der Waals surface area contributed by atoms with Gasteiger partial charge in [-0.05, 0) is 23.3 Å². The van der Waals surface area contributed by atoms with E-state index in [-0.39, 0.29) is 12.3 Å². The van der Waals surface area contributed by atoms with Crippen LogP contribution in [0.4, 0.5) is 0 Å². The molecule has 6 heteroatoms. The number of aromatic nitrogens is 1. The van der Waals surface area contributed by atoms with E-state index in [1.165, 1.54) is 0 Å². The number of hydrogen-bond donors (Lipinski definition) is 2. The SMILES string of the molecule is O=C(O)C(CP(=O)(O)Cc1ccncc1)c1ccccc1. The molecular formula is C15H16NO4P. The van der Waals surface area contributed by atoms with Gasteiger partial charge in [0.15, 0.2) is 0 Å². The smallest absolute Gasteiger partial charge is 0.311 e. The number of carboxylic acids is 1. The molecule has 2 atom stereocenters. The molecule has 1 aromatic heterocycles. The fraction of sp³-hybridized carbons (Fsp3) is 0.200. The standard InChI is InChI=1S/C15H16NO4P/c17-15(18)14(13-4-2-1-3-5-13)11-21(19,20)10-12-6-8-16-9-7-12/h1-9,14H,10-11H2,(H,17,18)(H,19,20). The Labute approximate surface area is 122 Å². The molecule has 0 aliphatic rings. The molecule has 1 aromatic carbocycles. The van der Waals surface area contributed by atoms with Gasteiger partial charge in [-0.1, -0.05) is 30.3 Å². The summed E-state index contributed by atoms with van der Waals surface area (Å²) >= 11 is 0. The maximum absolute atomic E-state index is 12.3. The second kappa shape index (κ2) is 6.66. The zero-order chi connectivity index (χ0) is 15.3. The van der Waals surface area contributed by atoms with Crippen LogP contribution in [0.15, 0.2) is 54.9 Å². The molecule has 2 rings (SSSR count). The van der Waals surface area contributed by atoms with Crippen molar-refractivity contribution in [3.05, 3.63) is 66.0 Å². The lowest BCUT2D eigenvalue weighted by molar-refractivity contribution is -0.138. The molecule has 21 heavy (non-hydrogen) atoms. The minimum atomic E-state index is -3.60. The number of nitrogens with zero attached hydrogens (tertiary/aromatic N) is 1. The summed E-state index contributed by atoms with van der Waals surface area (Å²) in [7, 11) is -3.60. The van der Waals surface area contributed by atoms with E-state index in [0.29, 0.717) is 11.1 Å². The topological polar surface area (TPSA) is 87.5 Å². The molecule has 0 spiro atoms. The fourth-order valence-electron chi connectivity index (χ4n) is 2.13. The number of benzene rings is 1. The maximum atomic E-state index is 12.3. The first-order valence-electron chi connectivity index (χ1n) is 6.45. The van der Waals surface area contributed by atoms with Crippen molar-refractivity contribution < 1.29 is 19.4 Å². The van der Waals surface area contributed by atoms with E-state index < -0.39 is 19.3 Å². The molecule has 1 heterocycles. The molecule has 0 amide bonds. The molecule has 0 radical (unpaired) electrons. The molecule has 0 saturated heterocycles. The Bertz CT molecular complexity index is 645. The molecule has 0 bridgehead atoms. The Balaban J connectivity index is 2.16. The van der Waals surface area contributed by atoms with Crippen molar-refractivity contribution in [2.24, 2.45) is 0 Å².